The largest absolute Gasteiger partial charge is 0.333 e. The average Bonchev–Trinajstić information content (AvgIpc) is 3.28. The summed E-state index contributed by atoms with van der Waals surface area (Å²) in [5, 5.41) is 9.74. The fraction of sp³-hybridized carbons (Fsp3) is 0.316. The Kier molecular flexibility index (Phi) is 5.78. The first-order valence-corrected chi connectivity index (χ1v) is 10.2. The molecule has 0 aliphatic rings. The third-order valence-electron chi connectivity index (χ3n) is 3.84. The first-order chi connectivity index (χ1) is 12.4. The van der Waals surface area contributed by atoms with Crippen LogP contribution in [0, 0.1) is 0 Å². The van der Waals surface area contributed by atoms with Crippen LogP contribution >= 0.6 is 23.1 Å². The molecule has 0 atom stereocenters. The third kappa shape index (κ3) is 4.74. The van der Waals surface area contributed by atoms with E-state index in [1.165, 1.54) is 11.8 Å². The van der Waals surface area contributed by atoms with Crippen LogP contribution in [-0.4, -0.2) is 37.3 Å². The van der Waals surface area contributed by atoms with Crippen molar-refractivity contribution in [3.63, 3.8) is 0 Å². The first kappa shape index (κ1) is 18.7. The number of amides is 1. The molecule has 5 nitrogen and oxygen atoms in total. The summed E-state index contributed by atoms with van der Waals surface area (Å²) in [5.74, 6) is 1.13. The second-order valence-electron chi connectivity index (χ2n) is 6.87. The van der Waals surface area contributed by atoms with Crippen LogP contribution in [0.3, 0.4) is 0 Å². The van der Waals surface area contributed by atoms with Crippen LogP contribution in [0.25, 0.3) is 10.7 Å². The van der Waals surface area contributed by atoms with E-state index in [-0.39, 0.29) is 11.4 Å². The van der Waals surface area contributed by atoms with Gasteiger partial charge in [-0.05, 0) is 37.8 Å². The lowest BCUT2D eigenvalue weighted by atomic mass is 10.0. The van der Waals surface area contributed by atoms with Crippen molar-refractivity contribution in [3.8, 4) is 10.7 Å². The molecular weight excluding hydrogens is 364 g/mol. The number of thioether (sulfide) groups is 1. The second-order valence-corrected chi connectivity index (χ2v) is 8.76. The third-order valence-corrected chi connectivity index (χ3v) is 5.55. The van der Waals surface area contributed by atoms with Gasteiger partial charge in [-0.3, -0.25) is 9.89 Å². The highest BCUT2D eigenvalue weighted by Crippen LogP contribution is 2.24. The van der Waals surface area contributed by atoms with Gasteiger partial charge in [-0.15, -0.1) is 16.4 Å². The summed E-state index contributed by atoms with van der Waals surface area (Å²) in [6, 6.07) is 14.0. The summed E-state index contributed by atoms with van der Waals surface area (Å²) < 4.78 is 0. The van der Waals surface area contributed by atoms with E-state index in [1.54, 1.807) is 11.3 Å². The van der Waals surface area contributed by atoms with E-state index < -0.39 is 0 Å². The smallest absolute Gasteiger partial charge is 0.233 e. The number of thiophene rings is 1. The van der Waals surface area contributed by atoms with E-state index >= 15 is 0 Å². The molecule has 0 aliphatic heterocycles. The fourth-order valence-corrected chi connectivity index (χ4v) is 3.84. The van der Waals surface area contributed by atoms with Gasteiger partial charge in [0, 0.05) is 12.1 Å². The van der Waals surface area contributed by atoms with Crippen LogP contribution in [0.2, 0.25) is 0 Å². The van der Waals surface area contributed by atoms with Crippen LogP contribution < -0.4 is 0 Å². The molecule has 1 N–H and O–H groups in total. The molecule has 1 aromatic carbocycles. The molecule has 1 amide bonds. The predicted octanol–water partition coefficient (Wildman–Crippen LogP) is 4.45. The molecule has 3 aromatic rings. The molecule has 0 radical (unpaired) electrons. The number of nitrogens with zero attached hydrogens (tertiary/aromatic N) is 3. The van der Waals surface area contributed by atoms with Gasteiger partial charge in [0.1, 0.15) is 0 Å². The standard InChI is InChI=1S/C19H22N4OS2/c1-19(2,3)23(12-14-8-5-4-6-9-14)16(24)13-26-18-20-17(21-22-18)15-10-7-11-25-15/h4-11H,12-13H2,1-3H3,(H,20,21,22). The van der Waals surface area contributed by atoms with Crippen molar-refractivity contribution in [1.29, 1.82) is 0 Å². The van der Waals surface area contributed by atoms with E-state index in [0.717, 1.165) is 16.3 Å². The number of aromatic amines is 1. The molecule has 3 rings (SSSR count). The minimum atomic E-state index is -0.255. The lowest BCUT2D eigenvalue weighted by Crippen LogP contribution is -2.45. The van der Waals surface area contributed by atoms with Gasteiger partial charge in [0.2, 0.25) is 11.1 Å². The van der Waals surface area contributed by atoms with Crippen molar-refractivity contribution in [2.45, 2.75) is 38.0 Å². The Labute approximate surface area is 161 Å². The zero-order chi connectivity index (χ0) is 18.6. The summed E-state index contributed by atoms with van der Waals surface area (Å²) in [5.41, 5.74) is 0.868. The zero-order valence-electron chi connectivity index (χ0n) is 15.1. The van der Waals surface area contributed by atoms with Gasteiger partial charge < -0.3 is 4.90 Å². The van der Waals surface area contributed by atoms with Crippen molar-refractivity contribution in [2.75, 3.05) is 5.75 Å². The Morgan fingerprint density at radius 2 is 1.96 bits per heavy atom. The molecule has 0 saturated carbocycles. The molecule has 2 heterocycles. The molecule has 136 valence electrons. The van der Waals surface area contributed by atoms with E-state index in [1.807, 2.05) is 52.7 Å². The highest BCUT2D eigenvalue weighted by atomic mass is 32.2. The Hall–Kier alpha value is -2.12. The number of rotatable bonds is 6. The van der Waals surface area contributed by atoms with Gasteiger partial charge in [0.05, 0.1) is 10.6 Å². The molecular formula is C19H22N4OS2. The van der Waals surface area contributed by atoms with E-state index in [0.29, 0.717) is 17.5 Å². The average molecular weight is 387 g/mol. The topological polar surface area (TPSA) is 61.9 Å². The number of carbonyl (C=O) groups is 1. The SMILES string of the molecule is CC(C)(C)N(Cc1ccccc1)C(=O)CSc1n[nH]c(-c2cccs2)n1. The number of H-pyrrole nitrogens is 1. The molecule has 26 heavy (non-hydrogen) atoms. The summed E-state index contributed by atoms with van der Waals surface area (Å²) in [4.78, 5) is 20.3. The van der Waals surface area contributed by atoms with Gasteiger partial charge in [0.15, 0.2) is 5.82 Å². The van der Waals surface area contributed by atoms with Gasteiger partial charge in [-0.1, -0.05) is 48.2 Å². The molecule has 0 bridgehead atoms. The van der Waals surface area contributed by atoms with E-state index in [2.05, 4.69) is 36.0 Å². The van der Waals surface area contributed by atoms with Crippen LogP contribution in [0.15, 0.2) is 53.0 Å². The van der Waals surface area contributed by atoms with E-state index in [9.17, 15) is 4.79 Å². The quantitative estimate of drug-likeness (QED) is 0.636. The Balaban J connectivity index is 1.64. The number of hydrogen-bond acceptors (Lipinski definition) is 5. The van der Waals surface area contributed by atoms with Crippen LogP contribution in [0.1, 0.15) is 26.3 Å². The lowest BCUT2D eigenvalue weighted by Gasteiger charge is -2.35. The number of aromatic nitrogens is 3. The zero-order valence-corrected chi connectivity index (χ0v) is 16.7. The van der Waals surface area contributed by atoms with Crippen molar-refractivity contribution in [1.82, 2.24) is 20.1 Å². The molecule has 0 saturated heterocycles. The normalized spacial score (nSPS) is 11.5. The number of hydrogen-bond donors (Lipinski definition) is 1. The number of carbonyl (C=O) groups excluding carboxylic acids is 1. The highest BCUT2D eigenvalue weighted by Gasteiger charge is 2.26. The highest BCUT2D eigenvalue weighted by molar-refractivity contribution is 7.99. The Bertz CT molecular complexity index is 838. The molecule has 2 aromatic heterocycles. The second kappa shape index (κ2) is 8.05. The number of nitrogens with one attached hydrogen (secondary N) is 1. The molecule has 0 unspecified atom stereocenters. The van der Waals surface area contributed by atoms with Gasteiger partial charge in [0.25, 0.3) is 0 Å². The minimum absolute atomic E-state index is 0.0776. The van der Waals surface area contributed by atoms with Crippen LogP contribution in [0.5, 0.6) is 0 Å². The van der Waals surface area contributed by atoms with Crippen molar-refractivity contribution < 1.29 is 4.79 Å². The van der Waals surface area contributed by atoms with E-state index in [4.69, 9.17) is 0 Å². The van der Waals surface area contributed by atoms with Crippen LogP contribution in [0.4, 0.5) is 0 Å². The summed E-state index contributed by atoms with van der Waals surface area (Å²) >= 11 is 2.97. The maximum Gasteiger partial charge on any atom is 0.233 e. The molecule has 7 heteroatoms. The fourth-order valence-electron chi connectivity index (χ4n) is 2.50. The molecule has 0 aliphatic carbocycles. The van der Waals surface area contributed by atoms with Crippen LogP contribution in [-0.2, 0) is 11.3 Å². The number of benzene rings is 1. The van der Waals surface area contributed by atoms with Crippen molar-refractivity contribution in [3.05, 3.63) is 53.4 Å². The van der Waals surface area contributed by atoms with Gasteiger partial charge in [-0.2, -0.15) is 0 Å². The Morgan fingerprint density at radius 3 is 2.62 bits per heavy atom. The Morgan fingerprint density at radius 1 is 1.19 bits per heavy atom. The predicted molar refractivity (Wildman–Crippen MR) is 107 cm³/mol. The molecule has 0 fully saturated rings. The summed E-state index contributed by atoms with van der Waals surface area (Å²) in [6.07, 6.45) is 0. The molecule has 0 spiro atoms. The maximum atomic E-state index is 12.8. The summed E-state index contributed by atoms with van der Waals surface area (Å²) in [7, 11) is 0. The van der Waals surface area contributed by atoms with Gasteiger partial charge in [-0.25, -0.2) is 4.98 Å². The van der Waals surface area contributed by atoms with Crippen molar-refractivity contribution in [2.24, 2.45) is 0 Å². The maximum absolute atomic E-state index is 12.8. The minimum Gasteiger partial charge on any atom is -0.333 e. The monoisotopic (exact) mass is 386 g/mol. The summed E-state index contributed by atoms with van der Waals surface area (Å²) in [6.45, 7) is 6.76. The van der Waals surface area contributed by atoms with Gasteiger partial charge >= 0.3 is 0 Å². The first-order valence-electron chi connectivity index (χ1n) is 8.37. The lowest BCUT2D eigenvalue weighted by molar-refractivity contribution is -0.133. The van der Waals surface area contributed by atoms with Crippen molar-refractivity contribution >= 4 is 29.0 Å².